The third-order valence-electron chi connectivity index (χ3n) is 3.75. The summed E-state index contributed by atoms with van der Waals surface area (Å²) in [6.07, 6.45) is 4.72. The fourth-order valence-electron chi connectivity index (χ4n) is 2.48. The molecule has 98 valence electrons. The SMILES string of the molecule is CC1(NCc2ccc(C(N)=O)cc2F)CCCC1. The Kier molecular flexibility index (Phi) is 3.66. The van der Waals surface area contributed by atoms with Crippen LogP contribution in [0.1, 0.15) is 48.5 Å². The smallest absolute Gasteiger partial charge is 0.248 e. The number of nitrogens with two attached hydrogens (primary N) is 1. The standard InChI is InChI=1S/C14H19FN2O/c1-14(6-2-3-7-14)17-9-11-5-4-10(13(16)18)8-12(11)15/h4-5,8,17H,2-3,6-7,9H2,1H3,(H2,16,18). The average molecular weight is 250 g/mol. The van der Waals surface area contributed by atoms with Crippen molar-refractivity contribution in [3.8, 4) is 0 Å². The van der Waals surface area contributed by atoms with Gasteiger partial charge in [-0.3, -0.25) is 4.79 Å². The number of hydrogen-bond acceptors (Lipinski definition) is 2. The first-order valence-electron chi connectivity index (χ1n) is 6.33. The molecule has 4 heteroatoms. The van der Waals surface area contributed by atoms with Crippen molar-refractivity contribution in [3.05, 3.63) is 35.1 Å². The molecule has 1 aromatic rings. The molecule has 1 aromatic carbocycles. The first-order valence-corrected chi connectivity index (χ1v) is 6.33. The Bertz CT molecular complexity index is 453. The molecule has 0 radical (unpaired) electrons. The summed E-state index contributed by atoms with van der Waals surface area (Å²) in [4.78, 5) is 10.9. The van der Waals surface area contributed by atoms with Gasteiger partial charge in [-0.15, -0.1) is 0 Å². The van der Waals surface area contributed by atoms with Gasteiger partial charge in [0.2, 0.25) is 5.91 Å². The second-order valence-corrected chi connectivity index (χ2v) is 5.29. The summed E-state index contributed by atoms with van der Waals surface area (Å²) in [5.74, 6) is -0.975. The molecule has 0 heterocycles. The number of halogens is 1. The number of rotatable bonds is 4. The van der Waals surface area contributed by atoms with E-state index in [0.717, 1.165) is 12.8 Å². The Morgan fingerprint density at radius 3 is 2.67 bits per heavy atom. The molecule has 0 unspecified atom stereocenters. The quantitative estimate of drug-likeness (QED) is 0.861. The lowest BCUT2D eigenvalue weighted by atomic mass is 10.00. The Hall–Kier alpha value is -1.42. The molecule has 3 N–H and O–H groups in total. The highest BCUT2D eigenvalue weighted by Crippen LogP contribution is 2.29. The number of carbonyl (C=O) groups is 1. The van der Waals surface area contributed by atoms with Crippen LogP contribution >= 0.6 is 0 Å². The Morgan fingerprint density at radius 1 is 1.44 bits per heavy atom. The fraction of sp³-hybridized carbons (Fsp3) is 0.500. The molecule has 0 bridgehead atoms. The molecule has 0 aliphatic heterocycles. The van der Waals surface area contributed by atoms with Gasteiger partial charge in [-0.1, -0.05) is 18.9 Å². The number of benzene rings is 1. The van der Waals surface area contributed by atoms with Gasteiger partial charge in [0.15, 0.2) is 0 Å². The van der Waals surface area contributed by atoms with E-state index in [1.807, 2.05) is 0 Å². The second-order valence-electron chi connectivity index (χ2n) is 5.29. The number of hydrogen-bond donors (Lipinski definition) is 2. The van der Waals surface area contributed by atoms with Gasteiger partial charge >= 0.3 is 0 Å². The maximum Gasteiger partial charge on any atom is 0.248 e. The van der Waals surface area contributed by atoms with Gasteiger partial charge in [0.1, 0.15) is 5.82 Å². The topological polar surface area (TPSA) is 55.1 Å². The van der Waals surface area contributed by atoms with Gasteiger partial charge in [0, 0.05) is 23.2 Å². The molecule has 0 saturated heterocycles. The van der Waals surface area contributed by atoms with Crippen molar-refractivity contribution >= 4 is 5.91 Å². The normalized spacial score (nSPS) is 17.9. The lowest BCUT2D eigenvalue weighted by Crippen LogP contribution is -2.39. The molecule has 1 fully saturated rings. The number of carbonyl (C=O) groups excluding carboxylic acids is 1. The fourth-order valence-corrected chi connectivity index (χ4v) is 2.48. The lowest BCUT2D eigenvalue weighted by molar-refractivity contribution is 0.1000. The van der Waals surface area contributed by atoms with Crippen LogP contribution in [0.4, 0.5) is 4.39 Å². The van der Waals surface area contributed by atoms with Gasteiger partial charge < -0.3 is 11.1 Å². The lowest BCUT2D eigenvalue weighted by Gasteiger charge is -2.25. The van der Waals surface area contributed by atoms with Crippen LogP contribution in [0.25, 0.3) is 0 Å². The highest BCUT2D eigenvalue weighted by atomic mass is 19.1. The zero-order chi connectivity index (χ0) is 13.2. The molecular formula is C14H19FN2O. The second kappa shape index (κ2) is 5.06. The van der Waals surface area contributed by atoms with E-state index in [4.69, 9.17) is 5.73 Å². The van der Waals surface area contributed by atoms with E-state index in [1.165, 1.54) is 18.9 Å². The van der Waals surface area contributed by atoms with Crippen LogP contribution < -0.4 is 11.1 Å². The van der Waals surface area contributed by atoms with Crippen LogP contribution in [0.3, 0.4) is 0 Å². The van der Waals surface area contributed by atoms with Crippen LogP contribution in [0, 0.1) is 5.82 Å². The molecule has 1 aliphatic rings. The van der Waals surface area contributed by atoms with E-state index in [2.05, 4.69) is 12.2 Å². The molecule has 0 atom stereocenters. The van der Waals surface area contributed by atoms with Crippen LogP contribution in [0.5, 0.6) is 0 Å². The van der Waals surface area contributed by atoms with E-state index in [1.54, 1.807) is 12.1 Å². The number of amides is 1. The van der Waals surface area contributed by atoms with Crippen LogP contribution in [0.15, 0.2) is 18.2 Å². The first-order chi connectivity index (χ1) is 8.50. The van der Waals surface area contributed by atoms with Crippen molar-refractivity contribution in [2.24, 2.45) is 5.73 Å². The molecule has 3 nitrogen and oxygen atoms in total. The van der Waals surface area contributed by atoms with Gasteiger partial charge in [-0.2, -0.15) is 0 Å². The van der Waals surface area contributed by atoms with E-state index >= 15 is 0 Å². The van der Waals surface area contributed by atoms with Crippen LogP contribution in [-0.2, 0) is 6.54 Å². The Labute approximate surface area is 107 Å². The summed E-state index contributed by atoms with van der Waals surface area (Å²) in [5, 5.41) is 3.41. The highest BCUT2D eigenvalue weighted by molar-refractivity contribution is 5.92. The largest absolute Gasteiger partial charge is 0.366 e. The summed E-state index contributed by atoms with van der Waals surface area (Å²) < 4.78 is 13.8. The predicted octanol–water partition coefficient (Wildman–Crippen LogP) is 2.35. The minimum absolute atomic E-state index is 0.120. The van der Waals surface area contributed by atoms with Crippen molar-refractivity contribution in [1.82, 2.24) is 5.32 Å². The molecule has 1 saturated carbocycles. The van der Waals surface area contributed by atoms with Crippen molar-refractivity contribution in [1.29, 1.82) is 0 Å². The van der Waals surface area contributed by atoms with Crippen LogP contribution in [-0.4, -0.2) is 11.4 Å². The van der Waals surface area contributed by atoms with E-state index in [9.17, 15) is 9.18 Å². The zero-order valence-electron chi connectivity index (χ0n) is 10.6. The third-order valence-corrected chi connectivity index (χ3v) is 3.75. The summed E-state index contributed by atoms with van der Waals surface area (Å²) in [7, 11) is 0. The molecule has 0 spiro atoms. The molecule has 0 aromatic heterocycles. The van der Waals surface area contributed by atoms with E-state index < -0.39 is 5.91 Å². The van der Waals surface area contributed by atoms with Gasteiger partial charge in [0.25, 0.3) is 0 Å². The summed E-state index contributed by atoms with van der Waals surface area (Å²) in [6.45, 7) is 2.66. The predicted molar refractivity (Wildman–Crippen MR) is 68.6 cm³/mol. The molecule has 1 aliphatic carbocycles. The monoisotopic (exact) mass is 250 g/mol. The third kappa shape index (κ3) is 2.88. The zero-order valence-corrected chi connectivity index (χ0v) is 10.6. The van der Waals surface area contributed by atoms with Crippen molar-refractivity contribution in [3.63, 3.8) is 0 Å². The molecular weight excluding hydrogens is 231 g/mol. The first kappa shape index (κ1) is 13.0. The summed E-state index contributed by atoms with van der Waals surface area (Å²) in [5.41, 5.74) is 6.01. The van der Waals surface area contributed by atoms with Gasteiger partial charge in [-0.05, 0) is 31.9 Å². The molecule has 1 amide bonds. The Balaban J connectivity index is 2.03. The summed E-state index contributed by atoms with van der Waals surface area (Å²) in [6, 6.07) is 4.40. The number of nitrogens with one attached hydrogen (secondary N) is 1. The molecule has 18 heavy (non-hydrogen) atoms. The Morgan fingerprint density at radius 2 is 2.11 bits per heavy atom. The highest BCUT2D eigenvalue weighted by Gasteiger charge is 2.27. The van der Waals surface area contributed by atoms with Crippen LogP contribution in [0.2, 0.25) is 0 Å². The number of primary amides is 1. The van der Waals surface area contributed by atoms with Crippen molar-refractivity contribution < 1.29 is 9.18 Å². The van der Waals surface area contributed by atoms with Crippen molar-refractivity contribution in [2.45, 2.75) is 44.7 Å². The van der Waals surface area contributed by atoms with E-state index in [-0.39, 0.29) is 16.9 Å². The van der Waals surface area contributed by atoms with E-state index in [0.29, 0.717) is 12.1 Å². The van der Waals surface area contributed by atoms with Gasteiger partial charge in [0.05, 0.1) is 0 Å². The van der Waals surface area contributed by atoms with Crippen molar-refractivity contribution in [2.75, 3.05) is 0 Å². The minimum Gasteiger partial charge on any atom is -0.366 e. The van der Waals surface area contributed by atoms with Gasteiger partial charge in [-0.25, -0.2) is 4.39 Å². The maximum absolute atomic E-state index is 13.8. The average Bonchev–Trinajstić information content (AvgIpc) is 2.75. The minimum atomic E-state index is -0.601. The summed E-state index contributed by atoms with van der Waals surface area (Å²) >= 11 is 0. The maximum atomic E-state index is 13.8. The molecule has 2 rings (SSSR count).